The fourth-order valence-corrected chi connectivity index (χ4v) is 2.87. The van der Waals surface area contributed by atoms with Crippen molar-refractivity contribution < 1.29 is 29.6 Å². The van der Waals surface area contributed by atoms with Crippen LogP contribution >= 0.6 is 0 Å². The summed E-state index contributed by atoms with van der Waals surface area (Å²) in [5, 5.41) is 30.2. The van der Waals surface area contributed by atoms with Gasteiger partial charge >= 0.3 is 5.97 Å². The summed E-state index contributed by atoms with van der Waals surface area (Å²) >= 11 is 0. The average molecular weight is 350 g/mol. The first kappa shape index (κ1) is 19.3. The molecule has 3 atom stereocenters. The molecular formula is C19H26O6. The first-order chi connectivity index (χ1) is 11.9. The molecule has 0 amide bonds. The van der Waals surface area contributed by atoms with E-state index in [1.807, 2.05) is 0 Å². The van der Waals surface area contributed by atoms with Crippen LogP contribution in [0.2, 0.25) is 0 Å². The molecule has 0 aromatic heterocycles. The SMILES string of the molecule is COc1cc(O)c2c(c1)C=CCCC(O)C(O)CCCC(C)OC2=O. The van der Waals surface area contributed by atoms with Crippen molar-refractivity contribution in [1.82, 2.24) is 0 Å². The maximum atomic E-state index is 12.5. The van der Waals surface area contributed by atoms with Crippen LogP contribution in [-0.2, 0) is 4.74 Å². The molecule has 0 saturated carbocycles. The van der Waals surface area contributed by atoms with E-state index in [-0.39, 0.29) is 17.4 Å². The third-order valence-corrected chi connectivity index (χ3v) is 4.35. The van der Waals surface area contributed by atoms with Crippen LogP contribution in [0.4, 0.5) is 0 Å². The highest BCUT2D eigenvalue weighted by Gasteiger charge is 2.22. The van der Waals surface area contributed by atoms with Crippen molar-refractivity contribution >= 4 is 12.0 Å². The Bertz CT molecular complexity index is 625. The molecule has 1 aliphatic rings. The number of aromatic hydroxyl groups is 1. The van der Waals surface area contributed by atoms with Crippen LogP contribution in [0.25, 0.3) is 6.08 Å². The Morgan fingerprint density at radius 2 is 1.88 bits per heavy atom. The fourth-order valence-electron chi connectivity index (χ4n) is 2.87. The molecular weight excluding hydrogens is 324 g/mol. The lowest BCUT2D eigenvalue weighted by Crippen LogP contribution is -2.26. The van der Waals surface area contributed by atoms with Gasteiger partial charge in [-0.05, 0) is 50.7 Å². The topological polar surface area (TPSA) is 96.2 Å². The highest BCUT2D eigenvalue weighted by atomic mass is 16.5. The van der Waals surface area contributed by atoms with Gasteiger partial charge in [-0.3, -0.25) is 0 Å². The number of benzene rings is 1. The van der Waals surface area contributed by atoms with Crippen LogP contribution in [0.5, 0.6) is 11.5 Å². The van der Waals surface area contributed by atoms with E-state index in [0.717, 1.165) is 0 Å². The zero-order valence-electron chi connectivity index (χ0n) is 14.6. The Balaban J connectivity index is 2.35. The molecule has 1 heterocycles. The van der Waals surface area contributed by atoms with Gasteiger partial charge in [-0.25, -0.2) is 4.79 Å². The van der Waals surface area contributed by atoms with Gasteiger partial charge in [0.2, 0.25) is 0 Å². The molecule has 0 fully saturated rings. The number of ether oxygens (including phenoxy) is 2. The minimum atomic E-state index is -0.788. The second-order valence-electron chi connectivity index (χ2n) is 6.37. The summed E-state index contributed by atoms with van der Waals surface area (Å²) in [6, 6.07) is 3.02. The van der Waals surface area contributed by atoms with Gasteiger partial charge in [0.05, 0.1) is 25.4 Å². The number of allylic oxidation sites excluding steroid dienone is 1. The largest absolute Gasteiger partial charge is 0.507 e. The Morgan fingerprint density at radius 1 is 1.16 bits per heavy atom. The van der Waals surface area contributed by atoms with Crippen LogP contribution in [0.1, 0.15) is 54.9 Å². The number of carbonyl (C=O) groups excluding carboxylic acids is 1. The molecule has 138 valence electrons. The second kappa shape index (κ2) is 8.87. The maximum Gasteiger partial charge on any atom is 0.342 e. The molecule has 1 aromatic carbocycles. The third kappa shape index (κ3) is 5.21. The number of fused-ring (bicyclic) bond motifs is 1. The molecule has 3 unspecified atom stereocenters. The van der Waals surface area contributed by atoms with Crippen molar-refractivity contribution in [3.63, 3.8) is 0 Å². The summed E-state index contributed by atoms with van der Waals surface area (Å²) in [4.78, 5) is 12.5. The molecule has 0 bridgehead atoms. The summed E-state index contributed by atoms with van der Waals surface area (Å²) in [5.74, 6) is -0.359. The predicted molar refractivity (Wildman–Crippen MR) is 93.7 cm³/mol. The van der Waals surface area contributed by atoms with Gasteiger partial charge in [0.15, 0.2) is 0 Å². The maximum absolute atomic E-state index is 12.5. The molecule has 0 radical (unpaired) electrons. The molecule has 3 N–H and O–H groups in total. The summed E-state index contributed by atoms with van der Waals surface area (Å²) in [6.45, 7) is 1.77. The van der Waals surface area contributed by atoms with Crippen LogP contribution in [0, 0.1) is 0 Å². The number of phenols is 1. The molecule has 0 spiro atoms. The molecule has 0 saturated heterocycles. The molecule has 25 heavy (non-hydrogen) atoms. The van der Waals surface area contributed by atoms with E-state index in [2.05, 4.69) is 0 Å². The standard InChI is InChI=1S/C19H26O6/c1-12-6-5-9-16(21)15(20)8-4-3-7-13-10-14(24-2)11-17(22)18(13)19(23)25-12/h3,7,10-12,15-16,20-22H,4-6,8-9H2,1-2H3. The van der Waals surface area contributed by atoms with Crippen LogP contribution in [0.3, 0.4) is 0 Å². The molecule has 2 rings (SSSR count). The number of hydrogen-bond acceptors (Lipinski definition) is 6. The van der Waals surface area contributed by atoms with Crippen LogP contribution in [-0.4, -0.2) is 46.7 Å². The van der Waals surface area contributed by atoms with Crippen molar-refractivity contribution in [3.05, 3.63) is 29.3 Å². The van der Waals surface area contributed by atoms with Gasteiger partial charge in [0, 0.05) is 6.07 Å². The normalized spacial score (nSPS) is 25.6. The van der Waals surface area contributed by atoms with E-state index >= 15 is 0 Å². The Morgan fingerprint density at radius 3 is 2.60 bits per heavy atom. The number of esters is 1. The average Bonchev–Trinajstić information content (AvgIpc) is 2.56. The van der Waals surface area contributed by atoms with Gasteiger partial charge in [-0.15, -0.1) is 0 Å². The van der Waals surface area contributed by atoms with Gasteiger partial charge in [-0.1, -0.05) is 12.2 Å². The minimum absolute atomic E-state index is 0.0987. The van der Waals surface area contributed by atoms with Crippen LogP contribution in [0.15, 0.2) is 18.2 Å². The van der Waals surface area contributed by atoms with Crippen molar-refractivity contribution in [2.45, 2.75) is 57.3 Å². The second-order valence-corrected chi connectivity index (χ2v) is 6.37. The van der Waals surface area contributed by atoms with E-state index in [1.165, 1.54) is 13.2 Å². The van der Waals surface area contributed by atoms with E-state index in [0.29, 0.717) is 43.4 Å². The Hall–Kier alpha value is -2.05. The molecule has 1 aromatic rings. The van der Waals surface area contributed by atoms with Gasteiger partial charge in [0.25, 0.3) is 0 Å². The van der Waals surface area contributed by atoms with Gasteiger partial charge in [0.1, 0.15) is 17.1 Å². The van der Waals surface area contributed by atoms with E-state index in [1.54, 1.807) is 25.1 Å². The fraction of sp³-hybridized carbons (Fsp3) is 0.526. The quantitative estimate of drug-likeness (QED) is 0.674. The first-order valence-electron chi connectivity index (χ1n) is 8.57. The first-order valence-corrected chi connectivity index (χ1v) is 8.57. The summed E-state index contributed by atoms with van der Waals surface area (Å²) in [5.41, 5.74) is 0.586. The lowest BCUT2D eigenvalue weighted by molar-refractivity contribution is 0.00511. The van der Waals surface area contributed by atoms with Gasteiger partial charge < -0.3 is 24.8 Å². The number of methoxy groups -OCH3 is 1. The molecule has 0 aliphatic carbocycles. The number of phenolic OH excluding ortho intramolecular Hbond substituents is 1. The summed E-state index contributed by atoms with van der Waals surface area (Å²) in [6.07, 6.45) is 4.14. The van der Waals surface area contributed by atoms with Crippen molar-refractivity contribution in [1.29, 1.82) is 0 Å². The lowest BCUT2D eigenvalue weighted by atomic mass is 10.00. The predicted octanol–water partition coefficient (Wildman–Crippen LogP) is 2.65. The minimum Gasteiger partial charge on any atom is -0.507 e. The number of carbonyl (C=O) groups is 1. The van der Waals surface area contributed by atoms with Crippen molar-refractivity contribution in [2.75, 3.05) is 7.11 Å². The number of rotatable bonds is 1. The molecule has 6 heteroatoms. The molecule has 6 nitrogen and oxygen atoms in total. The lowest BCUT2D eigenvalue weighted by Gasteiger charge is -2.20. The molecule has 1 aliphatic heterocycles. The van der Waals surface area contributed by atoms with Crippen molar-refractivity contribution in [3.8, 4) is 11.5 Å². The summed E-state index contributed by atoms with van der Waals surface area (Å²) in [7, 11) is 1.48. The highest BCUT2D eigenvalue weighted by molar-refractivity contribution is 5.97. The van der Waals surface area contributed by atoms with Crippen LogP contribution < -0.4 is 4.74 Å². The third-order valence-electron chi connectivity index (χ3n) is 4.35. The number of cyclic esters (lactones) is 1. The number of aliphatic hydroxyl groups excluding tert-OH is 2. The highest BCUT2D eigenvalue weighted by Crippen LogP contribution is 2.30. The monoisotopic (exact) mass is 350 g/mol. The Kier molecular flexibility index (Phi) is 6.84. The van der Waals surface area contributed by atoms with Crippen molar-refractivity contribution in [2.24, 2.45) is 0 Å². The van der Waals surface area contributed by atoms with E-state index < -0.39 is 18.2 Å². The number of aliphatic hydroxyl groups is 2. The smallest absolute Gasteiger partial charge is 0.342 e. The van der Waals surface area contributed by atoms with E-state index in [9.17, 15) is 20.1 Å². The van der Waals surface area contributed by atoms with E-state index in [4.69, 9.17) is 9.47 Å². The zero-order chi connectivity index (χ0) is 18.4. The number of hydrogen-bond donors (Lipinski definition) is 3. The Labute approximate surface area is 147 Å². The summed E-state index contributed by atoms with van der Waals surface area (Å²) < 4.78 is 10.6. The van der Waals surface area contributed by atoms with Gasteiger partial charge in [-0.2, -0.15) is 0 Å². The zero-order valence-corrected chi connectivity index (χ0v) is 14.6.